The minimum absolute atomic E-state index is 0.0415. The first-order valence-electron chi connectivity index (χ1n) is 38.6. The van der Waals surface area contributed by atoms with Crippen LogP contribution in [0.1, 0.15) is 253 Å². The van der Waals surface area contributed by atoms with Crippen molar-refractivity contribution in [1.82, 2.24) is 9.80 Å². The number of esters is 6. The molecule has 104 heavy (non-hydrogen) atoms. The molecule has 576 valence electrons. The highest BCUT2D eigenvalue weighted by atomic mass is 16.6. The second-order valence-electron chi connectivity index (χ2n) is 32.2. The SMILES string of the molecule is CC(=O)N(C)C1CC(c2ccccc2C)C[C@H](C)C1.CC(=O)OC1CC(C)CC(OC(C)=O)C1.CC(=O)OC1CC(c2ccccc2C)C[C@H](C)C1.COC(=O)C1CC(C)CC(C(=O)OC)C1.COC(=O)C1CC(c2ccccc2C)C[C@H](C)C1.Cc1ccccc1C1CC(C(=O)N(C)C)C[C@@H](C)C1. The van der Waals surface area contributed by atoms with Gasteiger partial charge in [0.1, 0.15) is 18.3 Å². The van der Waals surface area contributed by atoms with Gasteiger partial charge in [-0.25, -0.2) is 0 Å². The Hall–Kier alpha value is -7.36. The Balaban J connectivity index is 0.000000225. The van der Waals surface area contributed by atoms with Gasteiger partial charge in [0.2, 0.25) is 11.8 Å². The van der Waals surface area contributed by atoms with Crippen molar-refractivity contribution in [3.63, 3.8) is 0 Å². The van der Waals surface area contributed by atoms with Gasteiger partial charge in [-0.15, -0.1) is 0 Å². The maximum Gasteiger partial charge on any atom is 0.308 e. The van der Waals surface area contributed by atoms with Gasteiger partial charge in [-0.2, -0.15) is 0 Å². The number of amides is 2. The number of nitrogens with zero attached hydrogens (tertiary/aromatic N) is 2. The summed E-state index contributed by atoms with van der Waals surface area (Å²) in [6.07, 6.45) is 17.4. The lowest BCUT2D eigenvalue weighted by atomic mass is 9.72. The quantitative estimate of drug-likeness (QED) is 0.0958. The molecular formula is C88H130N2O14. The number of aryl methyl sites for hydroxylation is 4. The van der Waals surface area contributed by atoms with Crippen LogP contribution in [0.25, 0.3) is 0 Å². The second-order valence-corrected chi connectivity index (χ2v) is 32.2. The number of hydrogen-bond donors (Lipinski definition) is 0. The largest absolute Gasteiger partial charge is 0.469 e. The number of methoxy groups -OCH3 is 3. The van der Waals surface area contributed by atoms with E-state index in [1.807, 2.05) is 33.0 Å². The second kappa shape index (κ2) is 43.3. The Bertz CT molecular complexity index is 3330. The summed E-state index contributed by atoms with van der Waals surface area (Å²) in [5.74, 6) is 4.77. The van der Waals surface area contributed by atoms with Gasteiger partial charge in [0.05, 0.1) is 39.1 Å². The van der Waals surface area contributed by atoms with E-state index < -0.39 is 0 Å². The molecule has 6 aliphatic carbocycles. The van der Waals surface area contributed by atoms with Crippen molar-refractivity contribution >= 4 is 47.6 Å². The number of rotatable bonds is 12. The monoisotopic (exact) mass is 1440 g/mol. The van der Waals surface area contributed by atoms with E-state index in [9.17, 15) is 38.4 Å². The van der Waals surface area contributed by atoms with E-state index in [4.69, 9.17) is 28.4 Å². The summed E-state index contributed by atoms with van der Waals surface area (Å²) in [5.41, 5.74) is 11.1. The maximum absolute atomic E-state index is 12.2. The van der Waals surface area contributed by atoms with Crippen molar-refractivity contribution in [2.75, 3.05) is 42.5 Å². The molecule has 0 aromatic heterocycles. The fourth-order valence-corrected chi connectivity index (χ4v) is 17.8. The van der Waals surface area contributed by atoms with Gasteiger partial charge in [-0.1, -0.05) is 139 Å². The van der Waals surface area contributed by atoms with Crippen molar-refractivity contribution < 1.29 is 66.8 Å². The van der Waals surface area contributed by atoms with Crippen molar-refractivity contribution in [2.24, 2.45) is 59.2 Å². The highest BCUT2D eigenvalue weighted by Gasteiger charge is 2.38. The minimum atomic E-state index is -0.268. The summed E-state index contributed by atoms with van der Waals surface area (Å²) >= 11 is 0. The van der Waals surface area contributed by atoms with Gasteiger partial charge in [0.15, 0.2) is 0 Å². The third kappa shape index (κ3) is 28.5. The highest BCUT2D eigenvalue weighted by molar-refractivity contribution is 5.79. The Labute approximate surface area is 624 Å². The van der Waals surface area contributed by atoms with Gasteiger partial charge >= 0.3 is 35.8 Å². The molecule has 16 heteroatoms. The zero-order valence-corrected chi connectivity index (χ0v) is 67.0. The van der Waals surface area contributed by atoms with Crippen LogP contribution in [0, 0.1) is 86.9 Å². The summed E-state index contributed by atoms with van der Waals surface area (Å²) in [7, 11) is 9.93. The topological polar surface area (TPSA) is 198 Å². The smallest absolute Gasteiger partial charge is 0.308 e. The predicted octanol–water partition coefficient (Wildman–Crippen LogP) is 17.9. The highest BCUT2D eigenvalue weighted by Crippen LogP contribution is 2.44. The molecule has 0 heterocycles. The Morgan fingerprint density at radius 1 is 0.317 bits per heavy atom. The average molecular weight is 1440 g/mol. The molecule has 6 aliphatic rings. The number of hydrogen-bond acceptors (Lipinski definition) is 14. The lowest BCUT2D eigenvalue weighted by Crippen LogP contribution is -2.40. The molecule has 0 radical (unpaired) electrons. The van der Waals surface area contributed by atoms with E-state index in [1.165, 1.54) is 112 Å². The number of benzene rings is 4. The van der Waals surface area contributed by atoms with E-state index in [1.54, 1.807) is 11.8 Å². The molecule has 0 bridgehead atoms. The number of carbonyl (C=O) groups excluding carboxylic acids is 8. The van der Waals surface area contributed by atoms with E-state index in [-0.39, 0.29) is 83.7 Å². The lowest BCUT2D eigenvalue weighted by molar-refractivity contribution is -0.158. The van der Waals surface area contributed by atoms with Gasteiger partial charge < -0.3 is 38.2 Å². The van der Waals surface area contributed by atoms with Crippen molar-refractivity contribution in [3.8, 4) is 0 Å². The summed E-state index contributed by atoms with van der Waals surface area (Å²) in [5, 5.41) is 0. The van der Waals surface area contributed by atoms with Crippen molar-refractivity contribution in [3.05, 3.63) is 142 Å². The minimum Gasteiger partial charge on any atom is -0.469 e. The maximum atomic E-state index is 12.2. The standard InChI is InChI=1S/2C17H25NO.2C16H22O2.2C11H18O4/c1-12-9-14(16-8-6-5-7-13(16)2)11-15(10-12)17(19)18(3)4;1-12-9-15(17-8-6-5-7-13(17)2)11-16(10-12)18(4)14(3)19;1-11-8-13(10-14(9-11)16(17)18-3)15-7-5-4-6-12(15)2;1-11-8-14(10-15(9-11)18-13(3)17)16-7-5-4-6-12(16)2;1-7-4-8(10(12)14-2)6-9(5-7)11(13)15-3;1-7-4-10(14-8(2)12)6-11(5-7)15-9(3)13/h5-8,12,14-15H,9-11H2,1-4H3;5-8,12,15-16H,9-11H2,1-4H3;4-7,11,13-14H,8-10H2,1-3H3;4-7,11,14-15H,8-10H2,1-3H3;7-9H,4-6H2,1-3H3;7,10-11H,4-6H2,1-3H3/t12-,14?,15?;12-,15?,16?;11-,13?,14?;11-,14?,15?;;/m0000../s1. The van der Waals surface area contributed by atoms with Gasteiger partial charge in [-0.3, -0.25) is 38.4 Å². The summed E-state index contributed by atoms with van der Waals surface area (Å²) in [6, 6.07) is 34.8. The zero-order valence-electron chi connectivity index (χ0n) is 67.0. The Kier molecular flexibility index (Phi) is 36.3. The van der Waals surface area contributed by atoms with E-state index in [0.717, 1.165) is 77.0 Å². The van der Waals surface area contributed by atoms with E-state index >= 15 is 0 Å². The molecular weight excluding hydrogens is 1310 g/mol. The average Bonchev–Trinajstić information content (AvgIpc) is 0.834. The normalized spacial score (nSPS) is 28.4. The van der Waals surface area contributed by atoms with Gasteiger partial charge in [-0.05, 0) is 241 Å². The van der Waals surface area contributed by atoms with Crippen molar-refractivity contribution in [2.45, 2.75) is 261 Å². The molecule has 0 aliphatic heterocycles. The molecule has 4 aromatic carbocycles. The third-order valence-corrected chi connectivity index (χ3v) is 22.5. The van der Waals surface area contributed by atoms with Crippen LogP contribution in [0.4, 0.5) is 0 Å². The zero-order chi connectivity index (χ0) is 77.1. The molecule has 6 saturated carbocycles. The molecule has 0 spiro atoms. The molecule has 4 aromatic rings. The molecule has 6 fully saturated rings. The van der Waals surface area contributed by atoms with Crippen LogP contribution in [-0.4, -0.2) is 124 Å². The van der Waals surface area contributed by atoms with Gasteiger partial charge in [0.25, 0.3) is 0 Å². The molecule has 12 unspecified atom stereocenters. The lowest BCUT2D eigenvalue weighted by Gasteiger charge is -2.38. The first kappa shape index (κ1) is 87.3. The number of ether oxygens (including phenoxy) is 6. The first-order valence-corrected chi connectivity index (χ1v) is 38.6. The van der Waals surface area contributed by atoms with Crippen molar-refractivity contribution in [1.29, 1.82) is 0 Å². The van der Waals surface area contributed by atoms with E-state index in [2.05, 4.69) is 159 Å². The molecule has 0 saturated heterocycles. The summed E-state index contributed by atoms with van der Waals surface area (Å²) in [6.45, 7) is 27.9. The Morgan fingerprint density at radius 3 is 0.913 bits per heavy atom. The summed E-state index contributed by atoms with van der Waals surface area (Å²) in [4.78, 5) is 94.8. The molecule has 16 nitrogen and oxygen atoms in total. The Morgan fingerprint density at radius 2 is 0.587 bits per heavy atom. The molecule has 10 rings (SSSR count). The number of carbonyl (C=O) groups is 8. The van der Waals surface area contributed by atoms with Gasteiger partial charge in [0, 0.05) is 67.2 Å². The molecule has 16 atom stereocenters. The third-order valence-electron chi connectivity index (χ3n) is 22.5. The fourth-order valence-electron chi connectivity index (χ4n) is 17.8. The first-order chi connectivity index (χ1) is 49.2. The van der Waals surface area contributed by atoms with Crippen LogP contribution in [0.2, 0.25) is 0 Å². The van der Waals surface area contributed by atoms with Crippen LogP contribution in [0.15, 0.2) is 97.1 Å². The van der Waals surface area contributed by atoms with Crippen LogP contribution >= 0.6 is 0 Å². The fraction of sp³-hybridized carbons (Fsp3) is 0.636. The van der Waals surface area contributed by atoms with Crippen LogP contribution in [-0.2, 0) is 66.8 Å². The van der Waals surface area contributed by atoms with Crippen LogP contribution in [0.3, 0.4) is 0 Å². The molecule has 2 amide bonds. The summed E-state index contributed by atoms with van der Waals surface area (Å²) < 4.78 is 30.0. The predicted molar refractivity (Wildman–Crippen MR) is 411 cm³/mol. The van der Waals surface area contributed by atoms with Crippen LogP contribution in [0.5, 0.6) is 0 Å². The van der Waals surface area contributed by atoms with Crippen LogP contribution < -0.4 is 0 Å². The molecule has 0 N–H and O–H groups in total. The van der Waals surface area contributed by atoms with E-state index in [0.29, 0.717) is 84.0 Å².